The molecule has 32 heavy (non-hydrogen) atoms. The molecule has 1 heterocycles. The first-order valence-electron chi connectivity index (χ1n) is 9.25. The zero-order valence-electron chi connectivity index (χ0n) is 16.5. The number of para-hydroxylation sites is 2. The summed E-state index contributed by atoms with van der Waals surface area (Å²) >= 11 is 6.75. The summed E-state index contributed by atoms with van der Waals surface area (Å²) in [4.78, 5) is 4.37. The van der Waals surface area contributed by atoms with Gasteiger partial charge in [-0.1, -0.05) is 45.8 Å². The van der Waals surface area contributed by atoms with E-state index in [0.29, 0.717) is 25.6 Å². The molecule has 0 spiro atoms. The molecular weight excluding hydrogens is 560 g/mol. The Morgan fingerprint density at radius 2 is 1.84 bits per heavy atom. The average Bonchev–Trinajstić information content (AvgIpc) is 3.18. The Balaban J connectivity index is 1.80. The number of hydrogen-bond donors (Lipinski definition) is 0. The van der Waals surface area contributed by atoms with Gasteiger partial charge in [-0.05, 0) is 65.3 Å². The van der Waals surface area contributed by atoms with Crippen LogP contribution < -0.4 is 4.18 Å². The minimum atomic E-state index is -4.11. The van der Waals surface area contributed by atoms with Gasteiger partial charge in [-0.15, -0.1) is 0 Å². The lowest BCUT2D eigenvalue weighted by atomic mass is 10.1. The number of fused-ring (bicyclic) bond motifs is 1. The molecule has 0 radical (unpaired) electrons. The van der Waals surface area contributed by atoms with Crippen molar-refractivity contribution in [2.75, 3.05) is 0 Å². The van der Waals surface area contributed by atoms with Gasteiger partial charge in [0.25, 0.3) is 0 Å². The molecule has 4 rings (SSSR count). The Hall–Kier alpha value is -2.93. The van der Waals surface area contributed by atoms with Gasteiger partial charge in [0, 0.05) is 10.0 Å². The molecule has 4 aromatic rings. The summed E-state index contributed by atoms with van der Waals surface area (Å²) in [6.45, 7) is 1.86. The summed E-state index contributed by atoms with van der Waals surface area (Å²) in [6.07, 6.45) is 1.47. The van der Waals surface area contributed by atoms with Crippen LogP contribution in [0.1, 0.15) is 17.0 Å². The molecule has 6 nitrogen and oxygen atoms in total. The molecule has 0 saturated heterocycles. The number of benzene rings is 3. The monoisotopic (exact) mass is 572 g/mol. The van der Waals surface area contributed by atoms with Gasteiger partial charge in [-0.2, -0.15) is 13.7 Å². The van der Waals surface area contributed by atoms with Gasteiger partial charge in [-0.25, -0.2) is 4.98 Å². The van der Waals surface area contributed by atoms with Crippen molar-refractivity contribution in [3.8, 4) is 11.8 Å². The van der Waals surface area contributed by atoms with Crippen molar-refractivity contribution in [1.82, 2.24) is 4.98 Å². The van der Waals surface area contributed by atoms with Crippen LogP contribution in [-0.2, 0) is 10.1 Å². The lowest BCUT2D eigenvalue weighted by Gasteiger charge is -2.12. The molecule has 0 aliphatic rings. The second-order valence-corrected chi connectivity index (χ2v) is 10.1. The first-order valence-corrected chi connectivity index (χ1v) is 12.2. The molecule has 0 atom stereocenters. The van der Waals surface area contributed by atoms with E-state index >= 15 is 0 Å². The summed E-state index contributed by atoms with van der Waals surface area (Å²) in [5, 5.41) is 9.73. The maximum atomic E-state index is 12.9. The topological polar surface area (TPSA) is 93.2 Å². The molecule has 160 valence electrons. The van der Waals surface area contributed by atoms with Crippen LogP contribution in [-0.4, -0.2) is 13.4 Å². The predicted molar refractivity (Wildman–Crippen MR) is 128 cm³/mol. The van der Waals surface area contributed by atoms with Crippen LogP contribution in [0.3, 0.4) is 0 Å². The maximum absolute atomic E-state index is 12.9. The Morgan fingerprint density at radius 3 is 2.53 bits per heavy atom. The van der Waals surface area contributed by atoms with E-state index < -0.39 is 10.1 Å². The van der Waals surface area contributed by atoms with Crippen LogP contribution >= 0.6 is 31.9 Å². The third-order valence-corrected chi connectivity index (χ3v) is 6.77. The fraction of sp³-hybridized carbons (Fsp3) is 0.0435. The van der Waals surface area contributed by atoms with Gasteiger partial charge in [0.15, 0.2) is 11.3 Å². The van der Waals surface area contributed by atoms with E-state index in [0.717, 1.165) is 5.56 Å². The summed E-state index contributed by atoms with van der Waals surface area (Å²) in [5.74, 6) is 0.162. The minimum Gasteiger partial charge on any atom is -0.435 e. The van der Waals surface area contributed by atoms with Crippen molar-refractivity contribution < 1.29 is 17.0 Å². The molecule has 0 unspecified atom stereocenters. The second-order valence-electron chi connectivity index (χ2n) is 6.81. The van der Waals surface area contributed by atoms with E-state index in [4.69, 9.17) is 8.60 Å². The van der Waals surface area contributed by atoms with E-state index in [-0.39, 0.29) is 22.1 Å². The number of aromatic nitrogens is 1. The van der Waals surface area contributed by atoms with Crippen LogP contribution in [0.2, 0.25) is 0 Å². The van der Waals surface area contributed by atoms with E-state index in [9.17, 15) is 13.7 Å². The minimum absolute atomic E-state index is 0.0207. The maximum Gasteiger partial charge on any atom is 0.339 e. The third kappa shape index (κ3) is 4.63. The number of halogens is 2. The Morgan fingerprint density at radius 1 is 1.12 bits per heavy atom. The summed E-state index contributed by atoms with van der Waals surface area (Å²) in [7, 11) is -4.11. The van der Waals surface area contributed by atoms with Gasteiger partial charge in [0.05, 0.1) is 4.47 Å². The van der Waals surface area contributed by atoms with Crippen molar-refractivity contribution in [1.29, 1.82) is 5.26 Å². The quantitative estimate of drug-likeness (QED) is 0.200. The number of oxazole rings is 1. The highest BCUT2D eigenvalue weighted by molar-refractivity contribution is 9.11. The van der Waals surface area contributed by atoms with E-state index in [2.05, 4.69) is 42.9 Å². The zero-order valence-corrected chi connectivity index (χ0v) is 20.5. The molecule has 0 aliphatic carbocycles. The van der Waals surface area contributed by atoms with Gasteiger partial charge < -0.3 is 8.60 Å². The number of rotatable bonds is 5. The number of aryl methyl sites for hydroxylation is 1. The smallest absolute Gasteiger partial charge is 0.339 e. The van der Waals surface area contributed by atoms with E-state index in [1.807, 2.05) is 13.0 Å². The average molecular weight is 574 g/mol. The van der Waals surface area contributed by atoms with Crippen LogP contribution in [0.25, 0.3) is 22.7 Å². The van der Waals surface area contributed by atoms with E-state index in [1.165, 1.54) is 18.2 Å². The number of nitriles is 1. The van der Waals surface area contributed by atoms with Crippen LogP contribution in [0, 0.1) is 18.3 Å². The number of allylic oxidation sites excluding steroid dienone is 1. The summed E-state index contributed by atoms with van der Waals surface area (Å²) < 4.78 is 38.0. The van der Waals surface area contributed by atoms with Crippen LogP contribution in [0.15, 0.2) is 78.9 Å². The first-order chi connectivity index (χ1) is 15.3. The van der Waals surface area contributed by atoms with Gasteiger partial charge in [-0.3, -0.25) is 0 Å². The molecule has 0 bridgehead atoms. The summed E-state index contributed by atoms with van der Waals surface area (Å²) in [6, 6.07) is 18.8. The highest BCUT2D eigenvalue weighted by Crippen LogP contribution is 2.37. The Kier molecular flexibility index (Phi) is 6.20. The van der Waals surface area contributed by atoms with Gasteiger partial charge in [0.2, 0.25) is 5.89 Å². The number of nitrogens with zero attached hydrogens (tertiary/aromatic N) is 2. The largest absolute Gasteiger partial charge is 0.435 e. The molecular formula is C23H14Br2N2O4S. The summed E-state index contributed by atoms with van der Waals surface area (Å²) in [5.41, 5.74) is 2.54. The van der Waals surface area contributed by atoms with Crippen molar-refractivity contribution >= 4 is 64.7 Å². The fourth-order valence-corrected chi connectivity index (χ4v) is 5.34. The first kappa shape index (κ1) is 22.3. The normalized spacial score (nSPS) is 12.0. The van der Waals surface area contributed by atoms with Crippen LogP contribution in [0.4, 0.5) is 0 Å². The van der Waals surface area contributed by atoms with E-state index in [1.54, 1.807) is 42.5 Å². The Bertz CT molecular complexity index is 1470. The second kappa shape index (κ2) is 8.90. The lowest BCUT2D eigenvalue weighted by molar-refractivity contribution is 0.484. The van der Waals surface area contributed by atoms with Crippen molar-refractivity contribution in [2.45, 2.75) is 11.8 Å². The molecule has 3 aromatic carbocycles. The molecule has 0 saturated carbocycles. The molecule has 9 heteroatoms. The fourth-order valence-electron chi connectivity index (χ4n) is 2.92. The predicted octanol–water partition coefficient (Wildman–Crippen LogP) is 6.49. The standard InChI is InChI=1S/C23H14Br2N2O4S/c1-14-6-8-18(9-7-14)32(28,29)31-22-15(11-17(24)12-19(22)25)10-16(13-26)23-27-20-4-2-3-5-21(20)30-23/h2-12H,1H3/b16-10+. The molecule has 0 aliphatic heterocycles. The van der Waals surface area contributed by atoms with Gasteiger partial charge >= 0.3 is 10.1 Å². The molecule has 0 fully saturated rings. The molecule has 0 amide bonds. The van der Waals surface area contributed by atoms with Crippen molar-refractivity contribution in [2.24, 2.45) is 0 Å². The van der Waals surface area contributed by atoms with Crippen molar-refractivity contribution in [3.05, 3.63) is 86.6 Å². The number of hydrogen-bond acceptors (Lipinski definition) is 6. The lowest BCUT2D eigenvalue weighted by Crippen LogP contribution is -2.11. The molecule has 0 N–H and O–H groups in total. The molecule has 1 aromatic heterocycles. The van der Waals surface area contributed by atoms with Crippen molar-refractivity contribution in [3.63, 3.8) is 0 Å². The Labute approximate surface area is 201 Å². The highest BCUT2D eigenvalue weighted by atomic mass is 79.9. The van der Waals surface area contributed by atoms with Gasteiger partial charge in [0.1, 0.15) is 22.1 Å². The highest BCUT2D eigenvalue weighted by Gasteiger charge is 2.22. The third-order valence-electron chi connectivity index (χ3n) is 4.48. The van der Waals surface area contributed by atoms with Crippen LogP contribution in [0.5, 0.6) is 5.75 Å². The SMILES string of the molecule is Cc1ccc(S(=O)(=O)Oc2c(Br)cc(Br)cc2/C=C(\C#N)c2nc3ccccc3o2)cc1. The zero-order chi connectivity index (χ0) is 22.9.